The van der Waals surface area contributed by atoms with Crippen LogP contribution in [0.25, 0.3) is 0 Å². The van der Waals surface area contributed by atoms with Gasteiger partial charge in [0.1, 0.15) is 5.69 Å². The molecule has 2 rings (SSSR count). The van der Waals surface area contributed by atoms with E-state index in [4.69, 9.17) is 0 Å². The van der Waals surface area contributed by atoms with E-state index in [0.717, 1.165) is 0 Å². The van der Waals surface area contributed by atoms with Gasteiger partial charge in [0.25, 0.3) is 11.6 Å². The molecule has 1 amide bonds. The number of nitrogens with zero attached hydrogens (tertiary/aromatic N) is 1. The number of ketones is 1. The van der Waals surface area contributed by atoms with E-state index in [9.17, 15) is 19.7 Å². The first-order valence-electron chi connectivity index (χ1n) is 6.81. The predicted molar refractivity (Wildman–Crippen MR) is 87.0 cm³/mol. The van der Waals surface area contributed by atoms with Gasteiger partial charge in [-0.15, -0.1) is 0 Å². The molecule has 0 aliphatic rings. The minimum absolute atomic E-state index is 0.0684. The number of Topliss-reactive ketones (excluding diaryl/α,β-unsaturated/α-hetero) is 1. The molecule has 2 aromatic rings. The Morgan fingerprint density at radius 3 is 2.17 bits per heavy atom. The number of hydrogen-bond acceptors (Lipinski definition) is 5. The quantitative estimate of drug-likeness (QED) is 0.502. The van der Waals surface area contributed by atoms with Crippen LogP contribution in [0.4, 0.5) is 17.1 Å². The van der Waals surface area contributed by atoms with Gasteiger partial charge in [-0.3, -0.25) is 19.7 Å². The largest absolute Gasteiger partial charge is 0.383 e. The molecule has 7 nitrogen and oxygen atoms in total. The first-order chi connectivity index (χ1) is 10.9. The highest BCUT2D eigenvalue weighted by atomic mass is 16.6. The lowest BCUT2D eigenvalue weighted by molar-refractivity contribution is -0.384. The summed E-state index contributed by atoms with van der Waals surface area (Å²) in [7, 11) is 1.57. The Morgan fingerprint density at radius 2 is 1.65 bits per heavy atom. The molecule has 0 radical (unpaired) electrons. The lowest BCUT2D eigenvalue weighted by Gasteiger charge is -2.07. The van der Waals surface area contributed by atoms with Gasteiger partial charge in [0.2, 0.25) is 0 Å². The topological polar surface area (TPSA) is 101 Å². The molecule has 0 saturated heterocycles. The lowest BCUT2D eigenvalue weighted by Crippen LogP contribution is -2.12. The number of amides is 1. The molecule has 2 N–H and O–H groups in total. The summed E-state index contributed by atoms with van der Waals surface area (Å²) < 4.78 is 0. The summed E-state index contributed by atoms with van der Waals surface area (Å²) in [6.07, 6.45) is 0. The summed E-state index contributed by atoms with van der Waals surface area (Å²) in [4.78, 5) is 33.9. The Labute approximate surface area is 132 Å². The number of hydrogen-bond donors (Lipinski definition) is 2. The van der Waals surface area contributed by atoms with Gasteiger partial charge in [-0.05, 0) is 43.3 Å². The standard InChI is InChI=1S/C16H15N3O4/c1-10(20)11-3-6-13(7-4-11)18-16(21)12-5-8-14(17-2)15(9-12)19(22)23/h3-9,17H,1-2H3,(H,18,21). The summed E-state index contributed by atoms with van der Waals surface area (Å²) in [5.74, 6) is -0.535. The highest BCUT2D eigenvalue weighted by Crippen LogP contribution is 2.25. The molecule has 0 aliphatic heterocycles. The van der Waals surface area contributed by atoms with Crippen LogP contribution in [0.2, 0.25) is 0 Å². The van der Waals surface area contributed by atoms with Crippen molar-refractivity contribution in [2.45, 2.75) is 6.92 Å². The van der Waals surface area contributed by atoms with E-state index in [-0.39, 0.29) is 17.0 Å². The van der Waals surface area contributed by atoms with E-state index in [2.05, 4.69) is 10.6 Å². The summed E-state index contributed by atoms with van der Waals surface area (Å²) in [5.41, 5.74) is 1.37. The number of anilines is 2. The van der Waals surface area contributed by atoms with Crippen LogP contribution in [0.1, 0.15) is 27.6 Å². The van der Waals surface area contributed by atoms with Crippen molar-refractivity contribution < 1.29 is 14.5 Å². The van der Waals surface area contributed by atoms with Crippen molar-refractivity contribution in [1.29, 1.82) is 0 Å². The van der Waals surface area contributed by atoms with Crippen molar-refractivity contribution in [3.63, 3.8) is 0 Å². The number of nitro benzene ring substituents is 1. The van der Waals surface area contributed by atoms with Gasteiger partial charge >= 0.3 is 0 Å². The van der Waals surface area contributed by atoms with Crippen LogP contribution in [0, 0.1) is 10.1 Å². The van der Waals surface area contributed by atoms with Gasteiger partial charge in [0, 0.05) is 29.9 Å². The Balaban J connectivity index is 2.22. The number of rotatable bonds is 5. The van der Waals surface area contributed by atoms with Crippen LogP contribution in [0.5, 0.6) is 0 Å². The first-order valence-corrected chi connectivity index (χ1v) is 6.81. The smallest absolute Gasteiger partial charge is 0.293 e. The van der Waals surface area contributed by atoms with E-state index in [0.29, 0.717) is 16.9 Å². The van der Waals surface area contributed by atoms with E-state index >= 15 is 0 Å². The minimum Gasteiger partial charge on any atom is -0.383 e. The number of carbonyl (C=O) groups is 2. The third-order valence-corrected chi connectivity index (χ3v) is 3.28. The molecule has 0 saturated carbocycles. The van der Waals surface area contributed by atoms with Crippen molar-refractivity contribution >= 4 is 28.8 Å². The molecule has 0 atom stereocenters. The van der Waals surface area contributed by atoms with Crippen molar-refractivity contribution in [2.24, 2.45) is 0 Å². The van der Waals surface area contributed by atoms with Gasteiger partial charge in [0.15, 0.2) is 5.78 Å². The SMILES string of the molecule is CNc1ccc(C(=O)Nc2ccc(C(C)=O)cc2)cc1[N+](=O)[O-]. The normalized spacial score (nSPS) is 10.0. The summed E-state index contributed by atoms with van der Waals surface area (Å²) in [6.45, 7) is 1.45. The van der Waals surface area contributed by atoms with Gasteiger partial charge in [-0.1, -0.05) is 0 Å². The molecule has 0 fully saturated rings. The number of carbonyl (C=O) groups excluding carboxylic acids is 2. The minimum atomic E-state index is -0.551. The second-order valence-corrected chi connectivity index (χ2v) is 4.83. The van der Waals surface area contributed by atoms with Crippen LogP contribution in [-0.4, -0.2) is 23.7 Å². The number of nitrogens with one attached hydrogen (secondary N) is 2. The highest BCUT2D eigenvalue weighted by Gasteiger charge is 2.16. The van der Waals surface area contributed by atoms with E-state index < -0.39 is 10.8 Å². The maximum atomic E-state index is 12.2. The number of nitro groups is 1. The Bertz CT molecular complexity index is 769. The van der Waals surface area contributed by atoms with Crippen molar-refractivity contribution in [2.75, 3.05) is 17.7 Å². The first kappa shape index (κ1) is 16.2. The molecule has 2 aromatic carbocycles. The van der Waals surface area contributed by atoms with Crippen LogP contribution >= 0.6 is 0 Å². The average Bonchev–Trinajstić information content (AvgIpc) is 2.54. The van der Waals surface area contributed by atoms with E-state index in [1.807, 2.05) is 0 Å². The van der Waals surface area contributed by atoms with Crippen molar-refractivity contribution in [3.05, 3.63) is 63.7 Å². The van der Waals surface area contributed by atoms with E-state index in [1.54, 1.807) is 31.3 Å². The second kappa shape index (κ2) is 6.69. The maximum Gasteiger partial charge on any atom is 0.293 e. The molecule has 118 valence electrons. The maximum absolute atomic E-state index is 12.2. The molecule has 0 aromatic heterocycles. The Kier molecular flexibility index (Phi) is 4.70. The van der Waals surface area contributed by atoms with E-state index in [1.165, 1.54) is 25.1 Å². The molecular weight excluding hydrogens is 298 g/mol. The third kappa shape index (κ3) is 3.70. The molecule has 0 aliphatic carbocycles. The lowest BCUT2D eigenvalue weighted by atomic mass is 10.1. The molecule has 0 heterocycles. The zero-order valence-corrected chi connectivity index (χ0v) is 12.6. The van der Waals surface area contributed by atoms with Crippen molar-refractivity contribution in [3.8, 4) is 0 Å². The monoisotopic (exact) mass is 313 g/mol. The van der Waals surface area contributed by atoms with Gasteiger partial charge < -0.3 is 10.6 Å². The molecule has 0 spiro atoms. The van der Waals surface area contributed by atoms with Gasteiger partial charge in [-0.2, -0.15) is 0 Å². The summed E-state index contributed by atoms with van der Waals surface area (Å²) in [6, 6.07) is 10.6. The van der Waals surface area contributed by atoms with Gasteiger partial charge in [-0.25, -0.2) is 0 Å². The predicted octanol–water partition coefficient (Wildman–Crippen LogP) is 3.09. The van der Waals surface area contributed by atoms with Crippen molar-refractivity contribution in [1.82, 2.24) is 0 Å². The molecule has 0 unspecified atom stereocenters. The average molecular weight is 313 g/mol. The third-order valence-electron chi connectivity index (χ3n) is 3.28. The fourth-order valence-electron chi connectivity index (χ4n) is 2.03. The second-order valence-electron chi connectivity index (χ2n) is 4.83. The summed E-state index contributed by atoms with van der Waals surface area (Å²) in [5, 5.41) is 16.4. The zero-order valence-electron chi connectivity index (χ0n) is 12.6. The Hall–Kier alpha value is -3.22. The Morgan fingerprint density at radius 1 is 1.04 bits per heavy atom. The molecule has 23 heavy (non-hydrogen) atoms. The molecular formula is C16H15N3O4. The molecule has 7 heteroatoms. The van der Waals surface area contributed by atoms with Crippen LogP contribution in [0.3, 0.4) is 0 Å². The molecule has 0 bridgehead atoms. The fraction of sp³-hybridized carbons (Fsp3) is 0.125. The number of benzene rings is 2. The fourth-order valence-corrected chi connectivity index (χ4v) is 2.03. The highest BCUT2D eigenvalue weighted by molar-refractivity contribution is 6.05. The zero-order chi connectivity index (χ0) is 17.0. The summed E-state index contributed by atoms with van der Waals surface area (Å²) >= 11 is 0. The van der Waals surface area contributed by atoms with Crippen LogP contribution < -0.4 is 10.6 Å². The van der Waals surface area contributed by atoms with Crippen LogP contribution in [-0.2, 0) is 0 Å². The van der Waals surface area contributed by atoms with Crippen LogP contribution in [0.15, 0.2) is 42.5 Å². The van der Waals surface area contributed by atoms with Gasteiger partial charge in [0.05, 0.1) is 4.92 Å².